The van der Waals surface area contributed by atoms with Crippen LogP contribution in [0.3, 0.4) is 0 Å². The first-order chi connectivity index (χ1) is 10.4. The Bertz CT molecular complexity index is 627. The lowest BCUT2D eigenvalue weighted by Crippen LogP contribution is -2.01. The maximum atomic E-state index is 6.09. The van der Waals surface area contributed by atoms with Gasteiger partial charge < -0.3 is 9.47 Å². The maximum Gasteiger partial charge on any atom is 0.183 e. The van der Waals surface area contributed by atoms with Crippen molar-refractivity contribution in [3.63, 3.8) is 0 Å². The predicted octanol–water partition coefficient (Wildman–Crippen LogP) is 6.12. The molecule has 0 aliphatic carbocycles. The van der Waals surface area contributed by atoms with Crippen LogP contribution < -0.4 is 4.74 Å². The average Bonchev–Trinajstić information content (AvgIpc) is 2.45. The van der Waals surface area contributed by atoms with Gasteiger partial charge in [0.25, 0.3) is 0 Å². The van der Waals surface area contributed by atoms with Crippen molar-refractivity contribution in [2.24, 2.45) is 5.41 Å². The molecular weight excluding hydrogens is 296 g/mol. The van der Waals surface area contributed by atoms with Crippen LogP contribution in [0.5, 0.6) is 11.5 Å². The van der Waals surface area contributed by atoms with Gasteiger partial charge in [0.2, 0.25) is 0 Å². The normalized spacial score (nSPS) is 12.1. The summed E-state index contributed by atoms with van der Waals surface area (Å²) in [4.78, 5) is 0. The van der Waals surface area contributed by atoms with Gasteiger partial charge in [-0.2, -0.15) is 0 Å². The van der Waals surface area contributed by atoms with Crippen LogP contribution in [0.25, 0.3) is 0 Å². The van der Waals surface area contributed by atoms with Crippen LogP contribution in [0.1, 0.15) is 26.3 Å². The van der Waals surface area contributed by atoms with Gasteiger partial charge >= 0.3 is 0 Å². The van der Waals surface area contributed by atoms with Gasteiger partial charge in [-0.25, -0.2) is 0 Å². The fourth-order valence-electron chi connectivity index (χ4n) is 1.86. The van der Waals surface area contributed by atoms with Gasteiger partial charge in [-0.3, -0.25) is 0 Å². The Morgan fingerprint density at radius 3 is 2.36 bits per heavy atom. The molecule has 0 N–H and O–H groups in total. The van der Waals surface area contributed by atoms with E-state index in [0.717, 1.165) is 17.1 Å². The molecule has 0 spiro atoms. The van der Waals surface area contributed by atoms with Gasteiger partial charge in [-0.15, -0.1) is 0 Å². The molecule has 0 fully saturated rings. The number of ether oxygens (including phenoxy) is 2. The molecule has 22 heavy (non-hydrogen) atoms. The highest BCUT2D eigenvalue weighted by Gasteiger charge is 2.08. The van der Waals surface area contributed by atoms with E-state index < -0.39 is 0 Å². The first kappa shape index (κ1) is 16.4. The van der Waals surface area contributed by atoms with Crippen LogP contribution in [0.4, 0.5) is 0 Å². The van der Waals surface area contributed by atoms with Crippen LogP contribution in [0.2, 0.25) is 0 Å². The van der Waals surface area contributed by atoms with E-state index in [2.05, 4.69) is 20.8 Å². The number of allylic oxidation sites excluding steroid dienone is 1. The summed E-state index contributed by atoms with van der Waals surface area (Å²) in [7, 11) is 0. The second-order valence-corrected chi connectivity index (χ2v) is 6.54. The second-order valence-electron chi connectivity index (χ2n) is 6.17. The van der Waals surface area contributed by atoms with Crippen LogP contribution in [0, 0.1) is 5.41 Å². The quantitative estimate of drug-likeness (QED) is 0.618. The molecule has 116 valence electrons. The number of hydrogen-bond acceptors (Lipinski definition) is 2. The Hall–Kier alpha value is -1.93. The van der Waals surface area contributed by atoms with Gasteiger partial charge in [0.15, 0.2) is 5.22 Å². The predicted molar refractivity (Wildman–Crippen MR) is 91.1 cm³/mol. The standard InChI is InChI=1S/C19H21ClO2/c1-19(2,3)13-18(20)21-14-15-8-7-11-17(12-15)22-16-9-5-4-6-10-16/h4-13H,14H2,1-3H3. The zero-order chi connectivity index (χ0) is 16.0. The topological polar surface area (TPSA) is 18.5 Å². The highest BCUT2D eigenvalue weighted by molar-refractivity contribution is 6.28. The molecule has 2 rings (SSSR count). The summed E-state index contributed by atoms with van der Waals surface area (Å²) < 4.78 is 11.4. The minimum absolute atomic E-state index is 0.00461. The van der Waals surface area contributed by atoms with Crippen molar-refractivity contribution in [1.82, 2.24) is 0 Å². The molecule has 0 unspecified atom stereocenters. The molecule has 0 bridgehead atoms. The highest BCUT2D eigenvalue weighted by Crippen LogP contribution is 2.24. The average molecular weight is 317 g/mol. The summed E-state index contributed by atoms with van der Waals surface area (Å²) in [6.07, 6.45) is 1.90. The Kier molecular flexibility index (Phi) is 5.51. The minimum atomic E-state index is -0.00461. The SMILES string of the molecule is CC(C)(C)C=C(Cl)OCc1cccc(Oc2ccccc2)c1. The molecule has 0 atom stereocenters. The van der Waals surface area contributed by atoms with Crippen LogP contribution in [-0.4, -0.2) is 0 Å². The van der Waals surface area contributed by atoms with Crippen molar-refractivity contribution in [3.8, 4) is 11.5 Å². The molecular formula is C19H21ClO2. The van der Waals surface area contributed by atoms with E-state index in [-0.39, 0.29) is 5.41 Å². The molecule has 0 aliphatic heterocycles. The van der Waals surface area contributed by atoms with Crippen molar-refractivity contribution in [2.45, 2.75) is 27.4 Å². The lowest BCUT2D eigenvalue weighted by Gasteiger charge is -2.14. The molecule has 0 heterocycles. The fourth-order valence-corrected chi connectivity index (χ4v) is 2.24. The van der Waals surface area contributed by atoms with Crippen LogP contribution in [0.15, 0.2) is 65.9 Å². The lowest BCUT2D eigenvalue weighted by molar-refractivity contribution is 0.218. The third-order valence-electron chi connectivity index (χ3n) is 2.80. The van der Waals surface area contributed by atoms with Crippen molar-refractivity contribution < 1.29 is 9.47 Å². The van der Waals surface area contributed by atoms with Crippen molar-refractivity contribution >= 4 is 11.6 Å². The van der Waals surface area contributed by atoms with Crippen molar-refractivity contribution in [2.75, 3.05) is 0 Å². The van der Waals surface area contributed by atoms with E-state index in [1.54, 1.807) is 0 Å². The van der Waals surface area contributed by atoms with Crippen LogP contribution in [-0.2, 0) is 11.3 Å². The Balaban J connectivity index is 1.99. The molecule has 2 nitrogen and oxygen atoms in total. The Labute approximate surface area is 137 Å². The first-order valence-electron chi connectivity index (χ1n) is 7.25. The smallest absolute Gasteiger partial charge is 0.183 e. The van der Waals surface area contributed by atoms with E-state index in [1.165, 1.54) is 0 Å². The highest BCUT2D eigenvalue weighted by atomic mass is 35.5. The monoisotopic (exact) mass is 316 g/mol. The zero-order valence-corrected chi connectivity index (χ0v) is 13.9. The Morgan fingerprint density at radius 2 is 1.68 bits per heavy atom. The fraction of sp³-hybridized carbons (Fsp3) is 0.263. The molecule has 2 aromatic rings. The molecule has 2 aromatic carbocycles. The van der Waals surface area contributed by atoms with E-state index in [9.17, 15) is 0 Å². The van der Waals surface area contributed by atoms with Crippen LogP contribution >= 0.6 is 11.6 Å². The number of halogens is 1. The largest absolute Gasteiger partial charge is 0.478 e. The van der Waals surface area contributed by atoms with Crippen molar-refractivity contribution in [3.05, 3.63) is 71.5 Å². The van der Waals surface area contributed by atoms with Gasteiger partial charge in [-0.1, -0.05) is 51.1 Å². The van der Waals surface area contributed by atoms with Gasteiger partial charge in [0.1, 0.15) is 18.1 Å². The lowest BCUT2D eigenvalue weighted by atomic mass is 9.97. The molecule has 0 saturated carbocycles. The van der Waals surface area contributed by atoms with E-state index >= 15 is 0 Å². The molecule has 0 saturated heterocycles. The summed E-state index contributed by atoms with van der Waals surface area (Å²) >= 11 is 6.09. The Morgan fingerprint density at radius 1 is 1.00 bits per heavy atom. The summed E-state index contributed by atoms with van der Waals surface area (Å²) in [6.45, 7) is 6.64. The number of rotatable bonds is 5. The summed E-state index contributed by atoms with van der Waals surface area (Å²) in [5.41, 5.74) is 1.00. The number of benzene rings is 2. The van der Waals surface area contributed by atoms with E-state index in [4.69, 9.17) is 21.1 Å². The minimum Gasteiger partial charge on any atom is -0.478 e. The van der Waals surface area contributed by atoms with Gasteiger partial charge in [-0.05, 0) is 52.9 Å². The van der Waals surface area contributed by atoms with Gasteiger partial charge in [0, 0.05) is 0 Å². The summed E-state index contributed by atoms with van der Waals surface area (Å²) in [6, 6.07) is 17.5. The second kappa shape index (κ2) is 7.37. The molecule has 0 radical (unpaired) electrons. The van der Waals surface area contributed by atoms with E-state index in [0.29, 0.717) is 11.8 Å². The zero-order valence-electron chi connectivity index (χ0n) is 13.2. The molecule has 0 aliphatic rings. The van der Waals surface area contributed by atoms with Crippen molar-refractivity contribution in [1.29, 1.82) is 0 Å². The summed E-state index contributed by atoms with van der Waals surface area (Å²) in [5.74, 6) is 1.59. The summed E-state index contributed by atoms with van der Waals surface area (Å²) in [5, 5.41) is 0.418. The number of hydrogen-bond donors (Lipinski definition) is 0. The molecule has 0 aromatic heterocycles. The third-order valence-corrected chi connectivity index (χ3v) is 3.02. The molecule has 0 amide bonds. The molecule has 3 heteroatoms. The first-order valence-corrected chi connectivity index (χ1v) is 7.63. The van der Waals surface area contributed by atoms with Gasteiger partial charge in [0.05, 0.1) is 0 Å². The number of para-hydroxylation sites is 1. The maximum absolute atomic E-state index is 6.09. The third kappa shape index (κ3) is 5.82. The van der Waals surface area contributed by atoms with E-state index in [1.807, 2.05) is 60.7 Å².